The molecule has 6 heteroatoms. The predicted octanol–water partition coefficient (Wildman–Crippen LogP) is 5.35. The number of nitrogens with zero attached hydrogens (tertiary/aromatic N) is 3. The van der Waals surface area contributed by atoms with Crippen molar-refractivity contribution in [2.24, 2.45) is 0 Å². The van der Waals surface area contributed by atoms with Crippen LogP contribution in [0.5, 0.6) is 0 Å². The second kappa shape index (κ2) is 9.69. The fourth-order valence-corrected chi connectivity index (χ4v) is 4.08. The highest BCUT2D eigenvalue weighted by Gasteiger charge is 2.30. The van der Waals surface area contributed by atoms with Gasteiger partial charge in [0.25, 0.3) is 0 Å². The predicted molar refractivity (Wildman–Crippen MR) is 120 cm³/mol. The molecule has 3 heterocycles. The molecule has 2 aromatic heterocycles. The Morgan fingerprint density at radius 3 is 2.84 bits per heavy atom. The second-order valence-corrected chi connectivity index (χ2v) is 7.99. The van der Waals surface area contributed by atoms with E-state index in [1.807, 2.05) is 41.3 Å². The van der Waals surface area contributed by atoms with E-state index in [0.717, 1.165) is 55.0 Å². The summed E-state index contributed by atoms with van der Waals surface area (Å²) in [5, 5.41) is 3.23. The topological polar surface area (TPSA) is 58.1 Å². The number of aromatic nitrogens is 2. The van der Waals surface area contributed by atoms with Crippen LogP contribution in [0, 0.1) is 12.7 Å². The van der Waals surface area contributed by atoms with Crippen molar-refractivity contribution >= 4 is 17.4 Å². The van der Waals surface area contributed by atoms with Crippen molar-refractivity contribution < 1.29 is 9.18 Å². The van der Waals surface area contributed by atoms with Crippen molar-refractivity contribution in [3.63, 3.8) is 0 Å². The SMILES string of the molecule is Cc1cc(CCCC(=O)N2CCC[C@@H]2c2ccc(Nc3ccccn3)cn2)ccc1F. The molecule has 1 N–H and O–H groups in total. The molecule has 0 spiro atoms. The zero-order chi connectivity index (χ0) is 21.6. The highest BCUT2D eigenvalue weighted by molar-refractivity contribution is 5.77. The fourth-order valence-electron chi connectivity index (χ4n) is 4.08. The summed E-state index contributed by atoms with van der Waals surface area (Å²) in [5.74, 6) is 0.748. The second-order valence-electron chi connectivity index (χ2n) is 7.99. The molecule has 4 rings (SSSR count). The summed E-state index contributed by atoms with van der Waals surface area (Å²) in [4.78, 5) is 23.7. The standard InChI is InChI=1S/C25H27FN4O/c1-18-16-19(10-12-21(18)26)6-4-9-25(31)30-15-5-7-23(30)22-13-11-20(17-28-22)29-24-8-2-3-14-27-24/h2-3,8,10-14,16-17,23H,4-7,9,15H2,1H3,(H,27,29)/t23-/m1/s1. The quantitative estimate of drug-likeness (QED) is 0.562. The molecule has 0 aliphatic carbocycles. The summed E-state index contributed by atoms with van der Waals surface area (Å²) >= 11 is 0. The fraction of sp³-hybridized carbons (Fsp3) is 0.320. The van der Waals surface area contributed by atoms with E-state index in [1.165, 1.54) is 6.07 Å². The molecule has 0 unspecified atom stereocenters. The van der Waals surface area contributed by atoms with E-state index in [2.05, 4.69) is 15.3 Å². The van der Waals surface area contributed by atoms with Crippen LogP contribution in [0.1, 0.15) is 48.5 Å². The third-order valence-corrected chi connectivity index (χ3v) is 5.72. The normalized spacial score (nSPS) is 15.8. The third kappa shape index (κ3) is 5.26. The minimum atomic E-state index is -0.187. The number of carbonyl (C=O) groups excluding carboxylic acids is 1. The molecule has 160 valence electrons. The van der Waals surface area contributed by atoms with Gasteiger partial charge in [-0.1, -0.05) is 18.2 Å². The highest BCUT2D eigenvalue weighted by atomic mass is 19.1. The first-order chi connectivity index (χ1) is 15.1. The Bertz CT molecular complexity index is 1020. The summed E-state index contributed by atoms with van der Waals surface area (Å²) < 4.78 is 13.4. The maximum atomic E-state index is 13.4. The molecule has 5 nitrogen and oxygen atoms in total. The average molecular weight is 419 g/mol. The summed E-state index contributed by atoms with van der Waals surface area (Å²) in [7, 11) is 0. The van der Waals surface area contributed by atoms with Gasteiger partial charge in [-0.15, -0.1) is 0 Å². The zero-order valence-electron chi connectivity index (χ0n) is 17.7. The summed E-state index contributed by atoms with van der Waals surface area (Å²) in [6, 6.07) is 14.9. The number of benzene rings is 1. The molecule has 0 radical (unpaired) electrons. The molecule has 1 atom stereocenters. The van der Waals surface area contributed by atoms with Crippen molar-refractivity contribution in [1.29, 1.82) is 0 Å². The number of likely N-dealkylation sites (tertiary alicyclic amines) is 1. The van der Waals surface area contributed by atoms with E-state index >= 15 is 0 Å². The lowest BCUT2D eigenvalue weighted by atomic mass is 10.0. The summed E-state index contributed by atoms with van der Waals surface area (Å²) in [5.41, 5.74) is 3.51. The van der Waals surface area contributed by atoms with Crippen LogP contribution in [0.25, 0.3) is 0 Å². The number of hydrogen-bond acceptors (Lipinski definition) is 4. The Balaban J connectivity index is 1.33. The Morgan fingerprint density at radius 2 is 2.10 bits per heavy atom. The lowest BCUT2D eigenvalue weighted by molar-refractivity contribution is -0.132. The maximum Gasteiger partial charge on any atom is 0.223 e. The highest BCUT2D eigenvalue weighted by Crippen LogP contribution is 2.32. The minimum Gasteiger partial charge on any atom is -0.339 e. The molecular weight excluding hydrogens is 391 g/mol. The van der Waals surface area contributed by atoms with E-state index < -0.39 is 0 Å². The number of pyridine rings is 2. The molecule has 3 aromatic rings. The monoisotopic (exact) mass is 418 g/mol. The molecule has 1 saturated heterocycles. The van der Waals surface area contributed by atoms with Crippen molar-refractivity contribution in [2.75, 3.05) is 11.9 Å². The van der Waals surface area contributed by atoms with Crippen LogP contribution in [0.15, 0.2) is 60.9 Å². The number of anilines is 2. The Morgan fingerprint density at radius 1 is 1.19 bits per heavy atom. The largest absolute Gasteiger partial charge is 0.339 e. The first kappa shape index (κ1) is 21.0. The molecule has 1 amide bonds. The van der Waals surface area contributed by atoms with Crippen LogP contribution in [-0.2, 0) is 11.2 Å². The van der Waals surface area contributed by atoms with Crippen LogP contribution in [0.3, 0.4) is 0 Å². The first-order valence-corrected chi connectivity index (χ1v) is 10.8. The minimum absolute atomic E-state index is 0.0319. The molecular formula is C25H27FN4O. The lowest BCUT2D eigenvalue weighted by Gasteiger charge is -2.24. The van der Waals surface area contributed by atoms with Crippen LogP contribution in [0.2, 0.25) is 0 Å². The summed E-state index contributed by atoms with van der Waals surface area (Å²) in [6.45, 7) is 2.54. The van der Waals surface area contributed by atoms with Gasteiger partial charge in [0.2, 0.25) is 5.91 Å². The number of nitrogens with one attached hydrogen (secondary N) is 1. The van der Waals surface area contributed by atoms with Crippen molar-refractivity contribution in [3.05, 3.63) is 83.6 Å². The molecule has 1 aromatic carbocycles. The average Bonchev–Trinajstić information content (AvgIpc) is 3.27. The van der Waals surface area contributed by atoms with E-state index in [1.54, 1.807) is 25.4 Å². The van der Waals surface area contributed by atoms with Crippen molar-refractivity contribution in [1.82, 2.24) is 14.9 Å². The third-order valence-electron chi connectivity index (χ3n) is 5.72. The first-order valence-electron chi connectivity index (χ1n) is 10.8. The van der Waals surface area contributed by atoms with Gasteiger partial charge in [-0.3, -0.25) is 9.78 Å². The molecule has 31 heavy (non-hydrogen) atoms. The van der Waals surface area contributed by atoms with Crippen LogP contribution >= 0.6 is 0 Å². The van der Waals surface area contributed by atoms with Gasteiger partial charge in [-0.25, -0.2) is 9.37 Å². The van der Waals surface area contributed by atoms with Gasteiger partial charge in [0.1, 0.15) is 11.6 Å². The molecule has 1 aliphatic heterocycles. The number of amides is 1. The maximum absolute atomic E-state index is 13.4. The molecule has 0 bridgehead atoms. The van der Waals surface area contributed by atoms with Gasteiger partial charge in [0.15, 0.2) is 0 Å². The van der Waals surface area contributed by atoms with Gasteiger partial charge in [-0.2, -0.15) is 0 Å². The van der Waals surface area contributed by atoms with Gasteiger partial charge in [-0.05, 0) is 74.1 Å². The smallest absolute Gasteiger partial charge is 0.223 e. The van der Waals surface area contributed by atoms with Crippen molar-refractivity contribution in [2.45, 2.75) is 45.1 Å². The Labute approximate surface area is 182 Å². The van der Waals surface area contributed by atoms with Crippen LogP contribution < -0.4 is 5.32 Å². The molecule has 0 saturated carbocycles. The van der Waals surface area contributed by atoms with E-state index in [9.17, 15) is 9.18 Å². The number of halogens is 1. The van der Waals surface area contributed by atoms with E-state index in [-0.39, 0.29) is 17.8 Å². The Kier molecular flexibility index (Phi) is 6.55. The van der Waals surface area contributed by atoms with Gasteiger partial charge in [0, 0.05) is 19.2 Å². The van der Waals surface area contributed by atoms with Crippen molar-refractivity contribution in [3.8, 4) is 0 Å². The van der Waals surface area contributed by atoms with Crippen LogP contribution in [0.4, 0.5) is 15.9 Å². The summed E-state index contributed by atoms with van der Waals surface area (Å²) in [6.07, 6.45) is 7.48. The number of aryl methyl sites for hydroxylation is 2. The van der Waals surface area contributed by atoms with Crippen LogP contribution in [-0.4, -0.2) is 27.3 Å². The van der Waals surface area contributed by atoms with Gasteiger partial charge < -0.3 is 10.2 Å². The number of hydrogen-bond donors (Lipinski definition) is 1. The van der Waals surface area contributed by atoms with E-state index in [4.69, 9.17) is 0 Å². The number of rotatable bonds is 7. The molecule has 1 fully saturated rings. The zero-order valence-corrected chi connectivity index (χ0v) is 17.7. The van der Waals surface area contributed by atoms with E-state index in [0.29, 0.717) is 12.0 Å². The van der Waals surface area contributed by atoms with Gasteiger partial charge in [0.05, 0.1) is 23.6 Å². The molecule has 1 aliphatic rings. The van der Waals surface area contributed by atoms with Gasteiger partial charge >= 0.3 is 0 Å². The Hall–Kier alpha value is -3.28. The lowest BCUT2D eigenvalue weighted by Crippen LogP contribution is -2.30. The number of carbonyl (C=O) groups is 1.